The van der Waals surface area contributed by atoms with Gasteiger partial charge in [0.1, 0.15) is 13.2 Å². The van der Waals surface area contributed by atoms with Crippen molar-refractivity contribution in [3.63, 3.8) is 0 Å². The van der Waals surface area contributed by atoms with Crippen molar-refractivity contribution in [2.24, 2.45) is 5.73 Å². The molecule has 30 heavy (non-hydrogen) atoms. The Labute approximate surface area is 178 Å². The number of piperazine rings is 1. The van der Waals surface area contributed by atoms with Gasteiger partial charge in [-0.2, -0.15) is 0 Å². The summed E-state index contributed by atoms with van der Waals surface area (Å²) in [5.41, 5.74) is 5.71. The molecule has 1 saturated heterocycles. The van der Waals surface area contributed by atoms with E-state index in [-0.39, 0.29) is 5.54 Å². The molecule has 0 amide bonds. The number of nitrogens with one attached hydrogen (secondary N) is 1. The summed E-state index contributed by atoms with van der Waals surface area (Å²) in [6.45, 7) is 9.90. The second-order valence-corrected chi connectivity index (χ2v) is 8.02. The Bertz CT molecular complexity index is 798. The maximum Gasteiger partial charge on any atom is 0.257 e. The Morgan fingerprint density at radius 3 is 2.60 bits per heavy atom. The Morgan fingerprint density at radius 1 is 1.07 bits per heavy atom. The molecule has 0 spiro atoms. The predicted molar refractivity (Wildman–Crippen MR) is 115 cm³/mol. The molecule has 1 atom stereocenters. The van der Waals surface area contributed by atoms with E-state index < -0.39 is 0 Å². The molecule has 2 aromatic heterocycles. The van der Waals surface area contributed by atoms with Gasteiger partial charge in [0, 0.05) is 49.8 Å². The van der Waals surface area contributed by atoms with Gasteiger partial charge in [0.15, 0.2) is 11.6 Å². The summed E-state index contributed by atoms with van der Waals surface area (Å²) in [4.78, 5) is 15.3. The summed E-state index contributed by atoms with van der Waals surface area (Å²) in [5, 5.41) is 3.38. The van der Waals surface area contributed by atoms with E-state index in [0.29, 0.717) is 49.8 Å². The number of aromatic nitrogens is 3. The molecule has 9 heteroatoms. The van der Waals surface area contributed by atoms with Crippen LogP contribution in [0.25, 0.3) is 0 Å². The van der Waals surface area contributed by atoms with Crippen LogP contribution in [0.2, 0.25) is 0 Å². The molecule has 1 fully saturated rings. The molecule has 2 aromatic rings. The molecule has 1 aliphatic rings. The standard InChI is InChI=1S/C21H32N6O3/c1-16-15-23-10-11-27(16)18-20(26-9-8-24-18)30-14-13-28-17-5-4-7-25-19(17)29-12-6-21(2,3)22/h4-5,7-9,16,23H,6,10-15,22H2,1-3H3/t16-/m1/s1. The molecule has 0 aliphatic carbocycles. The van der Waals surface area contributed by atoms with Crippen LogP contribution < -0.4 is 30.2 Å². The summed E-state index contributed by atoms with van der Waals surface area (Å²) in [7, 11) is 0. The van der Waals surface area contributed by atoms with Crippen LogP contribution in [0.3, 0.4) is 0 Å². The number of hydrogen-bond acceptors (Lipinski definition) is 9. The number of nitrogens with two attached hydrogens (primary N) is 1. The van der Waals surface area contributed by atoms with Crippen LogP contribution in [0.4, 0.5) is 5.82 Å². The first-order chi connectivity index (χ1) is 14.4. The average Bonchev–Trinajstić information content (AvgIpc) is 2.72. The first kappa shape index (κ1) is 22.0. The SMILES string of the molecule is C[C@@H]1CNCCN1c1nccnc1OCCOc1cccnc1OCCC(C)(C)N. The maximum atomic E-state index is 6.00. The zero-order valence-corrected chi connectivity index (χ0v) is 18.0. The highest BCUT2D eigenvalue weighted by Crippen LogP contribution is 2.26. The lowest BCUT2D eigenvalue weighted by molar-refractivity contribution is 0.197. The highest BCUT2D eigenvalue weighted by molar-refractivity contribution is 5.49. The van der Waals surface area contributed by atoms with Gasteiger partial charge in [-0.1, -0.05) is 0 Å². The monoisotopic (exact) mass is 416 g/mol. The quantitative estimate of drug-likeness (QED) is 0.559. The van der Waals surface area contributed by atoms with Crippen LogP contribution in [-0.2, 0) is 0 Å². The van der Waals surface area contributed by atoms with Gasteiger partial charge in [-0.05, 0) is 39.3 Å². The van der Waals surface area contributed by atoms with Crippen molar-refractivity contribution in [2.45, 2.75) is 38.8 Å². The number of rotatable bonds is 10. The summed E-state index contributed by atoms with van der Waals surface area (Å²) >= 11 is 0. The summed E-state index contributed by atoms with van der Waals surface area (Å²) in [5.74, 6) is 2.31. The van der Waals surface area contributed by atoms with E-state index >= 15 is 0 Å². The molecule has 3 rings (SSSR count). The second kappa shape index (κ2) is 10.4. The Balaban J connectivity index is 1.52. The molecular formula is C21H32N6O3. The summed E-state index contributed by atoms with van der Waals surface area (Å²) < 4.78 is 17.5. The van der Waals surface area contributed by atoms with E-state index in [1.807, 2.05) is 26.0 Å². The minimum absolute atomic E-state index is 0.292. The molecule has 3 N–H and O–H groups in total. The highest BCUT2D eigenvalue weighted by Gasteiger charge is 2.23. The summed E-state index contributed by atoms with van der Waals surface area (Å²) in [6, 6.07) is 3.96. The molecular weight excluding hydrogens is 384 g/mol. The Hall–Kier alpha value is -2.65. The van der Waals surface area contributed by atoms with Crippen molar-refractivity contribution in [2.75, 3.05) is 44.4 Å². The highest BCUT2D eigenvalue weighted by atomic mass is 16.5. The second-order valence-electron chi connectivity index (χ2n) is 8.02. The lowest BCUT2D eigenvalue weighted by Crippen LogP contribution is -2.50. The van der Waals surface area contributed by atoms with Crippen LogP contribution >= 0.6 is 0 Å². The fourth-order valence-corrected chi connectivity index (χ4v) is 3.07. The van der Waals surface area contributed by atoms with Crippen molar-refractivity contribution in [1.29, 1.82) is 0 Å². The molecule has 3 heterocycles. The van der Waals surface area contributed by atoms with Crippen molar-refractivity contribution < 1.29 is 14.2 Å². The molecule has 0 saturated carbocycles. The first-order valence-electron chi connectivity index (χ1n) is 10.3. The predicted octanol–water partition coefficient (Wildman–Crippen LogP) is 1.63. The third-order valence-electron chi connectivity index (χ3n) is 4.72. The van der Waals surface area contributed by atoms with Crippen molar-refractivity contribution >= 4 is 5.82 Å². The van der Waals surface area contributed by atoms with Crippen LogP contribution in [-0.4, -0.2) is 66.0 Å². The maximum absolute atomic E-state index is 6.00. The van der Waals surface area contributed by atoms with Gasteiger partial charge in [0.2, 0.25) is 0 Å². The first-order valence-corrected chi connectivity index (χ1v) is 10.3. The fraction of sp³-hybridized carbons (Fsp3) is 0.571. The van der Waals surface area contributed by atoms with Crippen molar-refractivity contribution in [1.82, 2.24) is 20.3 Å². The lowest BCUT2D eigenvalue weighted by Gasteiger charge is -2.35. The van der Waals surface area contributed by atoms with Gasteiger partial charge >= 0.3 is 0 Å². The smallest absolute Gasteiger partial charge is 0.257 e. The Kier molecular flexibility index (Phi) is 7.64. The molecule has 0 aromatic carbocycles. The van der Waals surface area contributed by atoms with E-state index in [9.17, 15) is 0 Å². The third-order valence-corrected chi connectivity index (χ3v) is 4.72. The Morgan fingerprint density at radius 2 is 1.80 bits per heavy atom. The number of pyridine rings is 1. The molecule has 9 nitrogen and oxygen atoms in total. The van der Waals surface area contributed by atoms with Crippen LogP contribution in [0, 0.1) is 0 Å². The zero-order chi connectivity index (χ0) is 21.4. The molecule has 164 valence electrons. The van der Waals surface area contributed by atoms with E-state index in [2.05, 4.69) is 32.1 Å². The fourth-order valence-electron chi connectivity index (χ4n) is 3.07. The van der Waals surface area contributed by atoms with E-state index in [0.717, 1.165) is 25.5 Å². The molecule has 0 unspecified atom stereocenters. The van der Waals surface area contributed by atoms with E-state index in [1.165, 1.54) is 0 Å². The number of nitrogens with zero attached hydrogens (tertiary/aromatic N) is 4. The number of ether oxygens (including phenoxy) is 3. The van der Waals surface area contributed by atoms with Crippen molar-refractivity contribution in [3.8, 4) is 17.5 Å². The number of hydrogen-bond donors (Lipinski definition) is 2. The van der Waals surface area contributed by atoms with Gasteiger partial charge < -0.3 is 30.2 Å². The number of anilines is 1. The molecule has 1 aliphatic heterocycles. The average molecular weight is 417 g/mol. The van der Waals surface area contributed by atoms with E-state index in [4.69, 9.17) is 19.9 Å². The normalized spacial score (nSPS) is 16.9. The minimum Gasteiger partial charge on any atom is -0.484 e. The lowest BCUT2D eigenvalue weighted by atomic mass is 10.0. The van der Waals surface area contributed by atoms with Gasteiger partial charge in [0.25, 0.3) is 11.8 Å². The van der Waals surface area contributed by atoms with Crippen LogP contribution in [0.15, 0.2) is 30.7 Å². The zero-order valence-electron chi connectivity index (χ0n) is 18.0. The minimum atomic E-state index is -0.292. The van der Waals surface area contributed by atoms with Gasteiger partial charge in [-0.25, -0.2) is 15.0 Å². The van der Waals surface area contributed by atoms with Gasteiger partial charge in [-0.3, -0.25) is 0 Å². The van der Waals surface area contributed by atoms with Crippen molar-refractivity contribution in [3.05, 3.63) is 30.7 Å². The largest absolute Gasteiger partial charge is 0.484 e. The van der Waals surface area contributed by atoms with E-state index in [1.54, 1.807) is 18.6 Å². The molecule has 0 radical (unpaired) electrons. The van der Waals surface area contributed by atoms with Gasteiger partial charge in [-0.15, -0.1) is 0 Å². The van der Waals surface area contributed by atoms with Crippen LogP contribution in [0.1, 0.15) is 27.2 Å². The topological polar surface area (TPSA) is 108 Å². The van der Waals surface area contributed by atoms with Crippen LogP contribution in [0.5, 0.6) is 17.5 Å². The van der Waals surface area contributed by atoms with Gasteiger partial charge in [0.05, 0.1) is 6.61 Å². The molecule has 0 bridgehead atoms. The third kappa shape index (κ3) is 6.43. The summed E-state index contributed by atoms with van der Waals surface area (Å²) in [6.07, 6.45) is 5.71.